The van der Waals surface area contributed by atoms with Crippen molar-refractivity contribution in [2.75, 3.05) is 12.3 Å². The summed E-state index contributed by atoms with van der Waals surface area (Å²) in [6.45, 7) is 10.7. The molecule has 9 heteroatoms. The van der Waals surface area contributed by atoms with E-state index in [9.17, 15) is 23.1 Å². The molecule has 0 aromatic heterocycles. The maximum absolute atomic E-state index is 13.1. The molecular weight excluding hydrogens is 422 g/mol. The van der Waals surface area contributed by atoms with Gasteiger partial charge in [-0.05, 0) is 78.6 Å². The van der Waals surface area contributed by atoms with Crippen molar-refractivity contribution >= 4 is 21.9 Å². The lowest BCUT2D eigenvalue weighted by molar-refractivity contribution is -0.163. The van der Waals surface area contributed by atoms with E-state index in [-0.39, 0.29) is 17.2 Å². The average molecular weight is 456 g/mol. The molecule has 174 valence electrons. The molecule has 1 unspecified atom stereocenters. The van der Waals surface area contributed by atoms with Crippen LogP contribution in [0.4, 0.5) is 4.79 Å². The maximum atomic E-state index is 13.1. The van der Waals surface area contributed by atoms with Gasteiger partial charge in [-0.2, -0.15) is 0 Å². The number of nitrogens with zero attached hydrogens (tertiary/aromatic N) is 1. The molecule has 0 spiro atoms. The van der Waals surface area contributed by atoms with E-state index < -0.39 is 50.8 Å². The van der Waals surface area contributed by atoms with E-state index in [0.29, 0.717) is 12.8 Å². The van der Waals surface area contributed by atoms with Crippen LogP contribution in [0.3, 0.4) is 0 Å². The molecule has 2 atom stereocenters. The number of phenolic OH excluding ortho intramolecular Hbond substituents is 1. The Bertz CT molecular complexity index is 859. The first-order chi connectivity index (χ1) is 14.1. The molecule has 1 aliphatic rings. The highest BCUT2D eigenvalue weighted by Crippen LogP contribution is 2.31. The predicted molar refractivity (Wildman–Crippen MR) is 115 cm³/mol. The van der Waals surface area contributed by atoms with Gasteiger partial charge >= 0.3 is 12.1 Å². The number of aromatic hydroxyl groups is 1. The molecule has 31 heavy (non-hydrogen) atoms. The number of amides is 1. The molecule has 1 aliphatic heterocycles. The third kappa shape index (κ3) is 7.12. The Morgan fingerprint density at radius 3 is 2.10 bits per heavy atom. The number of sulfone groups is 1. The van der Waals surface area contributed by atoms with E-state index in [2.05, 4.69) is 0 Å². The van der Waals surface area contributed by atoms with Crippen molar-refractivity contribution in [2.45, 2.75) is 76.5 Å². The van der Waals surface area contributed by atoms with Crippen LogP contribution in [0.15, 0.2) is 29.2 Å². The lowest BCUT2D eigenvalue weighted by Gasteiger charge is -2.41. The van der Waals surface area contributed by atoms with Gasteiger partial charge in [-0.3, -0.25) is 4.79 Å². The standard InChI is InChI=1S/C22H33NO7S/c1-21(2,3)29-19(25)17-8-7-13-23(20(26)30-22(4,5)6)18(17)14-31(27,28)16-11-9-15(24)10-12-16/h9-12,17-18,24H,7-8,13-14H2,1-6H3/t17-,18?/m0/s1. The summed E-state index contributed by atoms with van der Waals surface area (Å²) in [6.07, 6.45) is 0.273. The predicted octanol–water partition coefficient (Wildman–Crippen LogP) is 3.52. The Morgan fingerprint density at radius 1 is 1.03 bits per heavy atom. The summed E-state index contributed by atoms with van der Waals surface area (Å²) in [4.78, 5) is 27.1. The van der Waals surface area contributed by atoms with E-state index in [1.165, 1.54) is 29.2 Å². The van der Waals surface area contributed by atoms with Gasteiger partial charge in [0, 0.05) is 6.54 Å². The average Bonchev–Trinajstić information content (AvgIpc) is 2.58. The lowest BCUT2D eigenvalue weighted by atomic mass is 9.90. The fourth-order valence-electron chi connectivity index (χ4n) is 3.44. The van der Waals surface area contributed by atoms with Gasteiger partial charge in [-0.1, -0.05) is 0 Å². The molecule has 1 heterocycles. The van der Waals surface area contributed by atoms with Crippen LogP contribution in [0.2, 0.25) is 0 Å². The van der Waals surface area contributed by atoms with Crippen molar-refractivity contribution in [3.05, 3.63) is 24.3 Å². The van der Waals surface area contributed by atoms with E-state index in [0.717, 1.165) is 0 Å². The van der Waals surface area contributed by atoms with Crippen molar-refractivity contribution in [2.24, 2.45) is 5.92 Å². The Morgan fingerprint density at radius 2 is 1.58 bits per heavy atom. The Balaban J connectivity index is 2.40. The molecule has 1 aromatic rings. The normalized spacial score (nSPS) is 20.3. The molecule has 0 aliphatic carbocycles. The molecular formula is C22H33NO7S. The first kappa shape index (κ1) is 25.0. The highest BCUT2D eigenvalue weighted by molar-refractivity contribution is 7.91. The van der Waals surface area contributed by atoms with Crippen LogP contribution >= 0.6 is 0 Å². The summed E-state index contributed by atoms with van der Waals surface area (Å²) < 4.78 is 37.2. The van der Waals surface area contributed by atoms with Gasteiger partial charge in [-0.15, -0.1) is 0 Å². The van der Waals surface area contributed by atoms with Crippen LogP contribution in [0, 0.1) is 5.92 Å². The summed E-state index contributed by atoms with van der Waals surface area (Å²) in [6, 6.07) is 4.23. The number of phenols is 1. The fraction of sp³-hybridized carbons (Fsp3) is 0.636. The molecule has 0 saturated carbocycles. The zero-order valence-electron chi connectivity index (χ0n) is 19.0. The summed E-state index contributed by atoms with van der Waals surface area (Å²) >= 11 is 0. The number of hydrogen-bond acceptors (Lipinski definition) is 7. The molecule has 1 N–H and O–H groups in total. The van der Waals surface area contributed by atoms with E-state index in [1.54, 1.807) is 41.5 Å². The zero-order valence-corrected chi connectivity index (χ0v) is 19.9. The number of benzene rings is 1. The van der Waals surface area contributed by atoms with Gasteiger partial charge in [0.15, 0.2) is 9.84 Å². The number of carbonyl (C=O) groups is 2. The molecule has 0 bridgehead atoms. The van der Waals surface area contributed by atoms with Crippen LogP contribution in [-0.4, -0.2) is 60.0 Å². The highest BCUT2D eigenvalue weighted by atomic mass is 32.2. The Kier molecular flexibility index (Phi) is 7.30. The Labute approximate surface area is 184 Å². The van der Waals surface area contributed by atoms with Gasteiger partial charge in [0.1, 0.15) is 17.0 Å². The molecule has 1 aromatic carbocycles. The number of likely N-dealkylation sites (tertiary alicyclic amines) is 1. The molecule has 0 radical (unpaired) electrons. The van der Waals surface area contributed by atoms with E-state index in [4.69, 9.17) is 9.47 Å². The van der Waals surface area contributed by atoms with Crippen molar-refractivity contribution < 1.29 is 32.6 Å². The molecule has 2 rings (SSSR count). The number of esters is 1. The maximum Gasteiger partial charge on any atom is 0.410 e. The van der Waals surface area contributed by atoms with Crippen molar-refractivity contribution in [3.8, 4) is 5.75 Å². The van der Waals surface area contributed by atoms with Crippen LogP contribution in [-0.2, 0) is 24.1 Å². The van der Waals surface area contributed by atoms with Crippen LogP contribution < -0.4 is 0 Å². The first-order valence-electron chi connectivity index (χ1n) is 10.3. The van der Waals surface area contributed by atoms with Gasteiger partial charge in [-0.25, -0.2) is 13.2 Å². The second-order valence-electron chi connectivity index (χ2n) is 9.80. The number of ether oxygens (including phenoxy) is 2. The first-order valence-corrected chi connectivity index (χ1v) is 12.0. The van der Waals surface area contributed by atoms with Gasteiger partial charge < -0.3 is 19.5 Å². The number of piperidine rings is 1. The van der Waals surface area contributed by atoms with Crippen LogP contribution in [0.5, 0.6) is 5.75 Å². The van der Waals surface area contributed by atoms with Crippen LogP contribution in [0.1, 0.15) is 54.4 Å². The topological polar surface area (TPSA) is 110 Å². The second-order valence-corrected chi connectivity index (χ2v) is 11.8. The Hall–Kier alpha value is -2.29. The lowest BCUT2D eigenvalue weighted by Crippen LogP contribution is -2.55. The van der Waals surface area contributed by atoms with Gasteiger partial charge in [0.05, 0.1) is 22.6 Å². The minimum Gasteiger partial charge on any atom is -0.508 e. The summed E-state index contributed by atoms with van der Waals surface area (Å²) in [5.41, 5.74) is -1.51. The minimum atomic E-state index is -3.87. The zero-order chi connectivity index (χ0) is 23.6. The van der Waals surface area contributed by atoms with Crippen LogP contribution in [0.25, 0.3) is 0 Å². The summed E-state index contributed by atoms with van der Waals surface area (Å²) in [7, 11) is -3.87. The SMILES string of the molecule is CC(C)(C)OC(=O)[C@H]1CCCN(C(=O)OC(C)(C)C)C1CS(=O)(=O)c1ccc(O)cc1. The number of rotatable bonds is 4. The van der Waals surface area contributed by atoms with Crippen molar-refractivity contribution in [1.29, 1.82) is 0 Å². The minimum absolute atomic E-state index is 0.00273. The quantitative estimate of drug-likeness (QED) is 0.692. The number of carbonyl (C=O) groups excluding carboxylic acids is 2. The molecule has 1 amide bonds. The molecule has 8 nitrogen and oxygen atoms in total. The second kappa shape index (κ2) is 9.06. The summed E-state index contributed by atoms with van der Waals surface area (Å²) in [5.74, 6) is -1.85. The molecule has 1 fully saturated rings. The van der Waals surface area contributed by atoms with Gasteiger partial charge in [0.2, 0.25) is 0 Å². The third-order valence-electron chi connectivity index (χ3n) is 4.70. The molecule has 1 saturated heterocycles. The largest absolute Gasteiger partial charge is 0.508 e. The monoisotopic (exact) mass is 455 g/mol. The number of hydrogen-bond donors (Lipinski definition) is 1. The third-order valence-corrected chi connectivity index (χ3v) is 6.47. The van der Waals surface area contributed by atoms with Crippen molar-refractivity contribution in [3.63, 3.8) is 0 Å². The highest BCUT2D eigenvalue weighted by Gasteiger charge is 2.44. The van der Waals surface area contributed by atoms with E-state index in [1.807, 2.05) is 0 Å². The van der Waals surface area contributed by atoms with Gasteiger partial charge in [0.25, 0.3) is 0 Å². The summed E-state index contributed by atoms with van der Waals surface area (Å²) in [5, 5.41) is 9.46. The van der Waals surface area contributed by atoms with Crippen molar-refractivity contribution in [1.82, 2.24) is 4.90 Å². The fourth-order valence-corrected chi connectivity index (χ4v) is 5.04. The smallest absolute Gasteiger partial charge is 0.410 e. The van der Waals surface area contributed by atoms with E-state index >= 15 is 0 Å².